The standard InChI is InChI=1S/C17H25N5O3/c18-16(23)14-2-5-22(6-3-14)17(24)20-12-13-1-4-19-15(11-13)21-7-9-25-10-8-21/h1,4,11,14H,2-3,5-10,12H2,(H2,18,23)(H,20,24). The van der Waals surface area contributed by atoms with E-state index in [0.29, 0.717) is 45.7 Å². The van der Waals surface area contributed by atoms with Crippen LogP contribution >= 0.6 is 0 Å². The van der Waals surface area contributed by atoms with Crippen LogP contribution in [0.3, 0.4) is 0 Å². The molecule has 8 heteroatoms. The Balaban J connectivity index is 1.50. The second-order valence-corrected chi connectivity index (χ2v) is 6.44. The lowest BCUT2D eigenvalue weighted by atomic mass is 9.96. The third-order valence-corrected chi connectivity index (χ3v) is 4.77. The molecule has 3 heterocycles. The van der Waals surface area contributed by atoms with Crippen molar-refractivity contribution in [3.05, 3.63) is 23.9 Å². The lowest BCUT2D eigenvalue weighted by Gasteiger charge is -2.30. The Hall–Kier alpha value is -2.35. The van der Waals surface area contributed by atoms with Crippen LogP contribution in [0.1, 0.15) is 18.4 Å². The predicted octanol–water partition coefficient (Wildman–Crippen LogP) is 0.325. The van der Waals surface area contributed by atoms with Crippen LogP contribution in [-0.4, -0.2) is 61.2 Å². The number of pyridine rings is 1. The van der Waals surface area contributed by atoms with Crippen molar-refractivity contribution in [3.63, 3.8) is 0 Å². The van der Waals surface area contributed by atoms with Gasteiger partial charge in [-0.2, -0.15) is 0 Å². The zero-order valence-corrected chi connectivity index (χ0v) is 14.3. The molecule has 0 aromatic carbocycles. The van der Waals surface area contributed by atoms with Gasteiger partial charge in [-0.15, -0.1) is 0 Å². The molecular formula is C17H25N5O3. The Morgan fingerprint density at radius 2 is 1.96 bits per heavy atom. The molecule has 3 rings (SSSR count). The van der Waals surface area contributed by atoms with Crippen molar-refractivity contribution in [2.75, 3.05) is 44.3 Å². The smallest absolute Gasteiger partial charge is 0.317 e. The van der Waals surface area contributed by atoms with Gasteiger partial charge in [0.05, 0.1) is 13.2 Å². The second-order valence-electron chi connectivity index (χ2n) is 6.44. The molecule has 1 aromatic rings. The first kappa shape index (κ1) is 17.5. The number of morpholine rings is 1. The van der Waals surface area contributed by atoms with Crippen LogP contribution in [0.2, 0.25) is 0 Å². The third kappa shape index (κ3) is 4.60. The van der Waals surface area contributed by atoms with Gasteiger partial charge < -0.3 is 25.6 Å². The molecule has 2 aliphatic rings. The van der Waals surface area contributed by atoms with E-state index in [-0.39, 0.29) is 17.9 Å². The van der Waals surface area contributed by atoms with Crippen LogP contribution in [-0.2, 0) is 16.1 Å². The van der Waals surface area contributed by atoms with Crippen LogP contribution in [0.5, 0.6) is 0 Å². The number of carbonyl (C=O) groups is 2. The Kier molecular flexibility index (Phi) is 5.70. The highest BCUT2D eigenvalue weighted by Gasteiger charge is 2.25. The van der Waals surface area contributed by atoms with Crippen LogP contribution in [0.15, 0.2) is 18.3 Å². The van der Waals surface area contributed by atoms with Gasteiger partial charge in [0.15, 0.2) is 0 Å². The first-order chi connectivity index (χ1) is 12.1. The van der Waals surface area contributed by atoms with Crippen LogP contribution < -0.4 is 16.0 Å². The Bertz CT molecular complexity index is 610. The first-order valence-corrected chi connectivity index (χ1v) is 8.73. The van der Waals surface area contributed by atoms with Gasteiger partial charge in [-0.25, -0.2) is 9.78 Å². The number of rotatable bonds is 4. The fourth-order valence-corrected chi connectivity index (χ4v) is 3.19. The second kappa shape index (κ2) is 8.15. The molecule has 0 unspecified atom stereocenters. The number of hydrogen-bond donors (Lipinski definition) is 2. The van der Waals surface area contributed by atoms with Crippen molar-refractivity contribution in [3.8, 4) is 0 Å². The number of urea groups is 1. The fraction of sp³-hybridized carbons (Fsp3) is 0.588. The molecule has 136 valence electrons. The SMILES string of the molecule is NC(=O)C1CCN(C(=O)NCc2ccnc(N3CCOCC3)c2)CC1. The van der Waals surface area contributed by atoms with Gasteiger partial charge in [0.1, 0.15) is 5.82 Å². The topological polar surface area (TPSA) is 101 Å². The van der Waals surface area contributed by atoms with Crippen molar-refractivity contribution in [2.45, 2.75) is 19.4 Å². The molecule has 0 bridgehead atoms. The van der Waals surface area contributed by atoms with E-state index in [1.807, 2.05) is 12.1 Å². The van der Waals surface area contributed by atoms with Gasteiger partial charge in [-0.3, -0.25) is 4.79 Å². The maximum Gasteiger partial charge on any atom is 0.317 e. The van der Waals surface area contributed by atoms with Gasteiger partial charge >= 0.3 is 6.03 Å². The summed E-state index contributed by atoms with van der Waals surface area (Å²) >= 11 is 0. The van der Waals surface area contributed by atoms with E-state index in [4.69, 9.17) is 10.5 Å². The summed E-state index contributed by atoms with van der Waals surface area (Å²) in [4.78, 5) is 31.8. The molecule has 25 heavy (non-hydrogen) atoms. The molecule has 0 spiro atoms. The number of carbonyl (C=O) groups excluding carboxylic acids is 2. The molecule has 2 fully saturated rings. The lowest BCUT2D eigenvalue weighted by Crippen LogP contribution is -2.46. The summed E-state index contributed by atoms with van der Waals surface area (Å²) in [7, 11) is 0. The van der Waals surface area contributed by atoms with Crippen molar-refractivity contribution in [1.82, 2.24) is 15.2 Å². The minimum atomic E-state index is -0.271. The summed E-state index contributed by atoms with van der Waals surface area (Å²) in [6.45, 7) is 4.67. The highest BCUT2D eigenvalue weighted by atomic mass is 16.5. The Morgan fingerprint density at radius 3 is 2.64 bits per heavy atom. The summed E-state index contributed by atoms with van der Waals surface area (Å²) in [5.41, 5.74) is 6.33. The summed E-state index contributed by atoms with van der Waals surface area (Å²) < 4.78 is 5.36. The lowest BCUT2D eigenvalue weighted by molar-refractivity contribution is -0.123. The van der Waals surface area contributed by atoms with Crippen molar-refractivity contribution in [2.24, 2.45) is 11.7 Å². The van der Waals surface area contributed by atoms with Gasteiger partial charge in [0.25, 0.3) is 0 Å². The number of hydrogen-bond acceptors (Lipinski definition) is 5. The summed E-state index contributed by atoms with van der Waals surface area (Å²) in [6, 6.07) is 3.81. The van der Waals surface area contributed by atoms with Gasteiger partial charge in [-0.1, -0.05) is 0 Å². The molecule has 0 saturated carbocycles. The largest absolute Gasteiger partial charge is 0.378 e. The quantitative estimate of drug-likeness (QED) is 0.817. The summed E-state index contributed by atoms with van der Waals surface area (Å²) in [5.74, 6) is 0.533. The van der Waals surface area contributed by atoms with Crippen LogP contribution in [0.4, 0.5) is 10.6 Å². The van der Waals surface area contributed by atoms with E-state index in [1.54, 1.807) is 11.1 Å². The maximum absolute atomic E-state index is 12.3. The molecular weight excluding hydrogens is 322 g/mol. The molecule has 3 N–H and O–H groups in total. The normalized spacial score (nSPS) is 18.9. The number of ether oxygens (including phenoxy) is 1. The highest BCUT2D eigenvalue weighted by Crippen LogP contribution is 2.17. The van der Waals surface area contributed by atoms with Crippen LogP contribution in [0.25, 0.3) is 0 Å². The number of amides is 3. The highest BCUT2D eigenvalue weighted by molar-refractivity contribution is 5.78. The number of nitrogens with zero attached hydrogens (tertiary/aromatic N) is 3. The molecule has 1 aromatic heterocycles. The predicted molar refractivity (Wildman–Crippen MR) is 93.0 cm³/mol. The number of piperidine rings is 1. The average molecular weight is 347 g/mol. The molecule has 2 aliphatic heterocycles. The molecule has 0 atom stereocenters. The molecule has 3 amide bonds. The van der Waals surface area contributed by atoms with Crippen LogP contribution in [0, 0.1) is 5.92 Å². The molecule has 0 aliphatic carbocycles. The number of anilines is 1. The molecule has 8 nitrogen and oxygen atoms in total. The minimum Gasteiger partial charge on any atom is -0.378 e. The Labute approximate surface area is 147 Å². The van der Waals surface area contributed by atoms with Gasteiger partial charge in [-0.05, 0) is 30.5 Å². The zero-order chi connectivity index (χ0) is 17.6. The monoisotopic (exact) mass is 347 g/mol. The minimum absolute atomic E-state index is 0.104. The first-order valence-electron chi connectivity index (χ1n) is 8.73. The molecule has 0 radical (unpaired) electrons. The Morgan fingerprint density at radius 1 is 1.24 bits per heavy atom. The van der Waals surface area contributed by atoms with Crippen molar-refractivity contribution >= 4 is 17.8 Å². The number of nitrogens with one attached hydrogen (secondary N) is 1. The van der Waals surface area contributed by atoms with E-state index in [9.17, 15) is 9.59 Å². The number of primary amides is 1. The van der Waals surface area contributed by atoms with E-state index < -0.39 is 0 Å². The van der Waals surface area contributed by atoms with E-state index >= 15 is 0 Å². The number of nitrogens with two attached hydrogens (primary N) is 1. The van der Waals surface area contributed by atoms with E-state index in [1.165, 1.54) is 0 Å². The molecule has 2 saturated heterocycles. The number of likely N-dealkylation sites (tertiary alicyclic amines) is 1. The van der Waals surface area contributed by atoms with E-state index in [0.717, 1.165) is 24.5 Å². The third-order valence-electron chi connectivity index (χ3n) is 4.77. The van der Waals surface area contributed by atoms with Crippen molar-refractivity contribution in [1.29, 1.82) is 0 Å². The van der Waals surface area contributed by atoms with Gasteiger partial charge in [0.2, 0.25) is 5.91 Å². The maximum atomic E-state index is 12.3. The zero-order valence-electron chi connectivity index (χ0n) is 14.3. The van der Waals surface area contributed by atoms with Gasteiger partial charge in [0, 0.05) is 44.8 Å². The number of aromatic nitrogens is 1. The fourth-order valence-electron chi connectivity index (χ4n) is 3.19. The average Bonchev–Trinajstić information content (AvgIpc) is 2.67. The summed E-state index contributed by atoms with van der Waals surface area (Å²) in [6.07, 6.45) is 3.04. The summed E-state index contributed by atoms with van der Waals surface area (Å²) in [5, 5.41) is 2.94. The van der Waals surface area contributed by atoms with E-state index in [2.05, 4.69) is 15.2 Å². The van der Waals surface area contributed by atoms with Crippen molar-refractivity contribution < 1.29 is 14.3 Å².